The van der Waals surface area contributed by atoms with E-state index in [1.165, 1.54) is 6.39 Å². The first-order chi connectivity index (χ1) is 7.25. The van der Waals surface area contributed by atoms with Gasteiger partial charge in [-0.05, 0) is 25.5 Å². The predicted molar refractivity (Wildman–Crippen MR) is 60.8 cm³/mol. The Hall–Kier alpha value is -1.55. The van der Waals surface area contributed by atoms with Gasteiger partial charge in [0.05, 0.1) is 0 Å². The first-order valence-corrected chi connectivity index (χ1v) is 5.08. The van der Waals surface area contributed by atoms with Crippen molar-refractivity contribution in [1.29, 1.82) is 0 Å². The van der Waals surface area contributed by atoms with Crippen molar-refractivity contribution in [2.45, 2.75) is 19.4 Å². The Morgan fingerprint density at radius 3 is 3.20 bits per heavy atom. The number of hydrogen-bond acceptors (Lipinski definition) is 4. The molecular weight excluding hydrogens is 190 g/mol. The molecule has 0 radical (unpaired) electrons. The van der Waals surface area contributed by atoms with Crippen molar-refractivity contribution in [3.8, 4) is 0 Å². The summed E-state index contributed by atoms with van der Waals surface area (Å²) < 4.78 is 5.21. The van der Waals surface area contributed by atoms with E-state index in [4.69, 9.17) is 10.2 Å². The molecule has 4 nitrogen and oxygen atoms in total. The Labute approximate surface area is 88.5 Å². The zero-order valence-corrected chi connectivity index (χ0v) is 8.73. The van der Waals surface area contributed by atoms with Gasteiger partial charge in [-0.15, -0.1) is 0 Å². The molecule has 80 valence electrons. The van der Waals surface area contributed by atoms with Crippen LogP contribution in [0.5, 0.6) is 0 Å². The quantitative estimate of drug-likeness (QED) is 0.801. The second kappa shape index (κ2) is 4.31. The molecule has 1 aromatic carbocycles. The van der Waals surface area contributed by atoms with Gasteiger partial charge in [0.2, 0.25) is 0 Å². The first-order valence-electron chi connectivity index (χ1n) is 5.08. The number of rotatable bonds is 4. The van der Waals surface area contributed by atoms with Crippen LogP contribution >= 0.6 is 0 Å². The second-order valence-corrected chi connectivity index (χ2v) is 3.73. The lowest BCUT2D eigenvalue weighted by Gasteiger charge is -2.07. The van der Waals surface area contributed by atoms with E-state index in [2.05, 4.69) is 10.3 Å². The molecule has 4 heteroatoms. The number of oxazole rings is 1. The molecule has 0 aliphatic heterocycles. The maximum Gasteiger partial charge on any atom is 0.181 e. The molecule has 1 aromatic heterocycles. The largest absolute Gasteiger partial charge is 0.443 e. The van der Waals surface area contributed by atoms with Crippen molar-refractivity contribution >= 4 is 16.8 Å². The molecule has 0 saturated heterocycles. The van der Waals surface area contributed by atoms with Crippen LogP contribution in [0.2, 0.25) is 0 Å². The monoisotopic (exact) mass is 205 g/mol. The average Bonchev–Trinajstić information content (AvgIpc) is 2.64. The first kappa shape index (κ1) is 9.98. The third-order valence-electron chi connectivity index (χ3n) is 2.26. The zero-order valence-electron chi connectivity index (χ0n) is 8.73. The van der Waals surface area contributed by atoms with Gasteiger partial charge in [0.15, 0.2) is 12.0 Å². The topological polar surface area (TPSA) is 64.1 Å². The van der Waals surface area contributed by atoms with Crippen LogP contribution in [0, 0.1) is 0 Å². The molecular formula is C11H15N3O. The molecule has 3 N–H and O–H groups in total. The number of hydrogen-bond donors (Lipinski definition) is 2. The predicted octanol–water partition coefficient (Wildman–Crippen LogP) is 1.98. The summed E-state index contributed by atoms with van der Waals surface area (Å²) in [5.41, 5.74) is 8.39. The minimum absolute atomic E-state index is 0.228. The molecule has 15 heavy (non-hydrogen) atoms. The van der Waals surface area contributed by atoms with Crippen LogP contribution in [-0.2, 0) is 0 Å². The van der Waals surface area contributed by atoms with Gasteiger partial charge >= 0.3 is 0 Å². The Bertz CT molecular complexity index is 436. The number of aromatic nitrogens is 1. The molecule has 0 spiro atoms. The summed E-state index contributed by atoms with van der Waals surface area (Å²) in [4.78, 5) is 4.05. The van der Waals surface area contributed by atoms with Gasteiger partial charge in [-0.3, -0.25) is 0 Å². The minimum atomic E-state index is 0.228. The highest BCUT2D eigenvalue weighted by Gasteiger charge is 2.00. The molecule has 2 aromatic rings. The smallest absolute Gasteiger partial charge is 0.181 e. The fourth-order valence-corrected chi connectivity index (χ4v) is 1.41. The molecule has 0 aliphatic rings. The summed E-state index contributed by atoms with van der Waals surface area (Å²) in [6.07, 6.45) is 2.41. The van der Waals surface area contributed by atoms with Gasteiger partial charge in [0.25, 0.3) is 0 Å². The lowest BCUT2D eigenvalue weighted by atomic mass is 10.2. The van der Waals surface area contributed by atoms with E-state index in [0.29, 0.717) is 0 Å². The normalized spacial score (nSPS) is 12.9. The van der Waals surface area contributed by atoms with E-state index < -0.39 is 0 Å². The summed E-state index contributed by atoms with van der Waals surface area (Å²) in [6.45, 7) is 2.87. The Kier molecular flexibility index (Phi) is 2.87. The second-order valence-electron chi connectivity index (χ2n) is 3.73. The molecule has 0 amide bonds. The van der Waals surface area contributed by atoms with Crippen molar-refractivity contribution in [1.82, 2.24) is 4.98 Å². The maximum atomic E-state index is 5.66. The van der Waals surface area contributed by atoms with Crippen LogP contribution in [-0.4, -0.2) is 17.6 Å². The van der Waals surface area contributed by atoms with Crippen molar-refractivity contribution in [3.05, 3.63) is 24.6 Å². The molecule has 1 heterocycles. The van der Waals surface area contributed by atoms with E-state index in [1.54, 1.807) is 0 Å². The Balaban J connectivity index is 2.02. The summed E-state index contributed by atoms with van der Waals surface area (Å²) in [5, 5.41) is 3.29. The number of anilines is 1. The van der Waals surface area contributed by atoms with E-state index in [1.807, 2.05) is 25.1 Å². The van der Waals surface area contributed by atoms with E-state index >= 15 is 0 Å². The standard InChI is InChI=1S/C11H15N3O/c1-8(12)4-5-13-9-2-3-10-11(6-9)15-7-14-10/h2-3,6-8,13H,4-5,12H2,1H3. The highest BCUT2D eigenvalue weighted by atomic mass is 16.3. The van der Waals surface area contributed by atoms with Gasteiger partial charge in [0, 0.05) is 24.3 Å². The Morgan fingerprint density at radius 1 is 1.53 bits per heavy atom. The highest BCUT2D eigenvalue weighted by molar-refractivity contribution is 5.76. The maximum absolute atomic E-state index is 5.66. The number of nitrogens with zero attached hydrogens (tertiary/aromatic N) is 1. The van der Waals surface area contributed by atoms with Gasteiger partial charge < -0.3 is 15.5 Å². The fraction of sp³-hybridized carbons (Fsp3) is 0.364. The number of nitrogens with one attached hydrogen (secondary N) is 1. The third-order valence-corrected chi connectivity index (χ3v) is 2.26. The van der Waals surface area contributed by atoms with E-state index in [9.17, 15) is 0 Å². The number of fused-ring (bicyclic) bond motifs is 1. The number of nitrogens with two attached hydrogens (primary N) is 1. The van der Waals surface area contributed by atoms with E-state index in [-0.39, 0.29) is 6.04 Å². The lowest BCUT2D eigenvalue weighted by molar-refractivity contribution is 0.602. The van der Waals surface area contributed by atoms with Crippen molar-refractivity contribution in [2.75, 3.05) is 11.9 Å². The van der Waals surface area contributed by atoms with Gasteiger partial charge in [0.1, 0.15) is 5.52 Å². The molecule has 1 unspecified atom stereocenters. The van der Waals surface area contributed by atoms with Gasteiger partial charge in [-0.2, -0.15) is 0 Å². The van der Waals surface area contributed by atoms with Gasteiger partial charge in [-0.25, -0.2) is 4.98 Å². The van der Waals surface area contributed by atoms with Gasteiger partial charge in [-0.1, -0.05) is 0 Å². The number of benzene rings is 1. The van der Waals surface area contributed by atoms with Crippen LogP contribution in [0.15, 0.2) is 29.0 Å². The summed E-state index contributed by atoms with van der Waals surface area (Å²) in [7, 11) is 0. The van der Waals surface area contributed by atoms with Crippen LogP contribution in [0.1, 0.15) is 13.3 Å². The SMILES string of the molecule is CC(N)CCNc1ccc2ncoc2c1. The molecule has 0 fully saturated rings. The summed E-state index contributed by atoms with van der Waals surface area (Å²) >= 11 is 0. The van der Waals surface area contributed by atoms with Crippen LogP contribution < -0.4 is 11.1 Å². The zero-order chi connectivity index (χ0) is 10.7. The fourth-order valence-electron chi connectivity index (χ4n) is 1.41. The molecule has 0 bridgehead atoms. The molecule has 1 atom stereocenters. The molecule has 0 aliphatic carbocycles. The van der Waals surface area contributed by atoms with Crippen molar-refractivity contribution in [2.24, 2.45) is 5.73 Å². The summed E-state index contributed by atoms with van der Waals surface area (Å²) in [5.74, 6) is 0. The minimum Gasteiger partial charge on any atom is -0.443 e. The Morgan fingerprint density at radius 2 is 2.40 bits per heavy atom. The van der Waals surface area contributed by atoms with E-state index in [0.717, 1.165) is 29.8 Å². The van der Waals surface area contributed by atoms with Crippen molar-refractivity contribution in [3.63, 3.8) is 0 Å². The van der Waals surface area contributed by atoms with Crippen LogP contribution in [0.4, 0.5) is 5.69 Å². The molecule has 2 rings (SSSR count). The van der Waals surface area contributed by atoms with Crippen molar-refractivity contribution < 1.29 is 4.42 Å². The van der Waals surface area contributed by atoms with Crippen LogP contribution in [0.3, 0.4) is 0 Å². The third kappa shape index (κ3) is 2.47. The van der Waals surface area contributed by atoms with Crippen LogP contribution in [0.25, 0.3) is 11.1 Å². The molecule has 0 saturated carbocycles. The summed E-state index contributed by atoms with van der Waals surface area (Å²) in [6, 6.07) is 6.11. The lowest BCUT2D eigenvalue weighted by Crippen LogP contribution is -2.19. The average molecular weight is 205 g/mol. The highest BCUT2D eigenvalue weighted by Crippen LogP contribution is 2.17.